The second kappa shape index (κ2) is 10.7. The molecule has 0 spiro atoms. The number of amides is 2. The van der Waals surface area contributed by atoms with Gasteiger partial charge in [-0.15, -0.1) is 13.2 Å². The lowest BCUT2D eigenvalue weighted by molar-refractivity contribution is -0.274. The molecular formula is C23H17ClF3N3O4. The minimum Gasteiger partial charge on any atom is -0.457 e. The lowest BCUT2D eigenvalue weighted by atomic mass is 10.2. The predicted octanol–water partition coefficient (Wildman–Crippen LogP) is 5.44. The summed E-state index contributed by atoms with van der Waals surface area (Å²) in [6.45, 7) is 0. The molecule has 2 N–H and O–H groups in total. The fourth-order valence-corrected chi connectivity index (χ4v) is 2.81. The van der Waals surface area contributed by atoms with Gasteiger partial charge in [0, 0.05) is 31.1 Å². The van der Waals surface area contributed by atoms with Gasteiger partial charge in [0.05, 0.1) is 5.02 Å². The van der Waals surface area contributed by atoms with Crippen molar-refractivity contribution in [3.63, 3.8) is 0 Å². The summed E-state index contributed by atoms with van der Waals surface area (Å²) in [7, 11) is 1.49. The number of carbonyl (C=O) groups excluding carboxylic acids is 2. The molecule has 0 unspecified atom stereocenters. The number of nitrogens with one attached hydrogen (secondary N) is 2. The number of halogens is 4. The molecule has 1 aromatic heterocycles. The van der Waals surface area contributed by atoms with Gasteiger partial charge in [0.15, 0.2) is 0 Å². The second-order valence-corrected chi connectivity index (χ2v) is 7.05. The average Bonchev–Trinajstić information content (AvgIpc) is 2.79. The first-order valence-corrected chi connectivity index (χ1v) is 10.0. The standard InChI is InChI=1S/C23H17ClF3N3O4/c1-28-22(32)19-13-17(10-11-29-19)33-16-6-4-15(5-7-16)30-21(31)9-3-14-2-8-18(24)20(12-14)34-23(25,26)27/h2-13H,1H3,(H,28,32)(H,30,31)/b9-3+. The highest BCUT2D eigenvalue weighted by Gasteiger charge is 2.32. The van der Waals surface area contributed by atoms with Crippen molar-refractivity contribution >= 4 is 35.2 Å². The number of hydrogen-bond acceptors (Lipinski definition) is 5. The Hall–Kier alpha value is -4.05. The summed E-state index contributed by atoms with van der Waals surface area (Å²) in [6, 6.07) is 13.2. The van der Waals surface area contributed by atoms with Crippen molar-refractivity contribution in [2.24, 2.45) is 0 Å². The van der Waals surface area contributed by atoms with Crippen molar-refractivity contribution in [1.82, 2.24) is 10.3 Å². The zero-order valence-electron chi connectivity index (χ0n) is 17.5. The fourth-order valence-electron chi connectivity index (χ4n) is 2.65. The van der Waals surface area contributed by atoms with Crippen molar-refractivity contribution < 1.29 is 32.2 Å². The van der Waals surface area contributed by atoms with Gasteiger partial charge in [-0.3, -0.25) is 14.6 Å². The van der Waals surface area contributed by atoms with Crippen molar-refractivity contribution in [3.05, 3.63) is 83.2 Å². The number of pyridine rings is 1. The molecule has 0 aliphatic carbocycles. The van der Waals surface area contributed by atoms with Gasteiger partial charge < -0.3 is 20.1 Å². The molecule has 0 fully saturated rings. The molecule has 11 heteroatoms. The number of anilines is 1. The molecule has 0 saturated carbocycles. The number of benzene rings is 2. The summed E-state index contributed by atoms with van der Waals surface area (Å²) < 4.78 is 46.8. The van der Waals surface area contributed by atoms with Gasteiger partial charge in [-0.1, -0.05) is 17.7 Å². The Bertz CT molecular complexity index is 1210. The molecule has 3 rings (SSSR count). The van der Waals surface area contributed by atoms with E-state index in [-0.39, 0.29) is 22.2 Å². The van der Waals surface area contributed by atoms with Crippen molar-refractivity contribution in [2.45, 2.75) is 6.36 Å². The van der Waals surface area contributed by atoms with E-state index in [1.165, 1.54) is 37.5 Å². The maximum atomic E-state index is 12.4. The molecular weight excluding hydrogens is 475 g/mol. The van der Waals surface area contributed by atoms with Gasteiger partial charge in [-0.25, -0.2) is 0 Å². The minimum absolute atomic E-state index is 0.202. The van der Waals surface area contributed by atoms with Crippen molar-refractivity contribution in [3.8, 4) is 17.2 Å². The van der Waals surface area contributed by atoms with Crippen LogP contribution < -0.4 is 20.1 Å². The average molecular weight is 492 g/mol. The third-order valence-corrected chi connectivity index (χ3v) is 4.47. The van der Waals surface area contributed by atoms with Gasteiger partial charge >= 0.3 is 6.36 Å². The molecule has 3 aromatic rings. The number of aromatic nitrogens is 1. The van der Waals surface area contributed by atoms with Gasteiger partial charge in [0.25, 0.3) is 5.91 Å². The van der Waals surface area contributed by atoms with Gasteiger partial charge in [0.1, 0.15) is 22.9 Å². The maximum absolute atomic E-state index is 12.4. The van der Waals surface area contributed by atoms with E-state index >= 15 is 0 Å². The van der Waals surface area contributed by atoms with Crippen molar-refractivity contribution in [1.29, 1.82) is 0 Å². The number of alkyl halides is 3. The Kier molecular flexibility index (Phi) is 7.75. The highest BCUT2D eigenvalue weighted by Crippen LogP contribution is 2.31. The summed E-state index contributed by atoms with van der Waals surface area (Å²) in [4.78, 5) is 27.8. The largest absolute Gasteiger partial charge is 0.573 e. The van der Waals surface area contributed by atoms with Crippen LogP contribution in [0.1, 0.15) is 16.1 Å². The van der Waals surface area contributed by atoms with E-state index in [9.17, 15) is 22.8 Å². The maximum Gasteiger partial charge on any atom is 0.573 e. The molecule has 0 aliphatic rings. The Labute approximate surface area is 197 Å². The predicted molar refractivity (Wildman–Crippen MR) is 120 cm³/mol. The smallest absolute Gasteiger partial charge is 0.457 e. The summed E-state index contributed by atoms with van der Waals surface area (Å²) >= 11 is 5.70. The molecule has 0 aliphatic heterocycles. The van der Waals surface area contributed by atoms with Crippen LogP contribution in [0.15, 0.2) is 66.9 Å². The molecule has 7 nitrogen and oxygen atoms in total. The van der Waals surface area contributed by atoms with Crippen molar-refractivity contribution in [2.75, 3.05) is 12.4 Å². The molecule has 1 heterocycles. The molecule has 0 bridgehead atoms. The Morgan fingerprint density at radius 2 is 1.76 bits per heavy atom. The molecule has 2 amide bonds. The monoisotopic (exact) mass is 491 g/mol. The summed E-state index contributed by atoms with van der Waals surface area (Å²) in [6.07, 6.45) is -0.967. The summed E-state index contributed by atoms with van der Waals surface area (Å²) in [5, 5.41) is 4.88. The molecule has 2 aromatic carbocycles. The highest BCUT2D eigenvalue weighted by molar-refractivity contribution is 6.32. The topological polar surface area (TPSA) is 89.6 Å². The lowest BCUT2D eigenvalue weighted by Gasteiger charge is -2.10. The Morgan fingerprint density at radius 1 is 1.03 bits per heavy atom. The van der Waals surface area contributed by atoms with Gasteiger partial charge in [0.2, 0.25) is 5.91 Å². The third-order valence-electron chi connectivity index (χ3n) is 4.16. The van der Waals surface area contributed by atoms with Crippen LogP contribution in [-0.2, 0) is 4.79 Å². The quantitative estimate of drug-likeness (QED) is 0.430. The van der Waals surface area contributed by atoms with E-state index in [1.807, 2.05) is 0 Å². The zero-order chi connectivity index (χ0) is 24.7. The van der Waals surface area contributed by atoms with E-state index < -0.39 is 18.0 Å². The first-order chi connectivity index (χ1) is 16.1. The van der Waals surface area contributed by atoms with E-state index in [0.29, 0.717) is 17.2 Å². The van der Waals surface area contributed by atoms with Gasteiger partial charge in [-0.2, -0.15) is 0 Å². The van der Waals surface area contributed by atoms with Crippen LogP contribution in [0.2, 0.25) is 5.02 Å². The van der Waals surface area contributed by atoms with Crippen LogP contribution in [0.4, 0.5) is 18.9 Å². The Morgan fingerprint density at radius 3 is 2.44 bits per heavy atom. The third kappa shape index (κ3) is 7.24. The molecule has 176 valence electrons. The normalized spacial score (nSPS) is 11.2. The summed E-state index contributed by atoms with van der Waals surface area (Å²) in [5.41, 5.74) is 0.949. The number of ether oxygens (including phenoxy) is 2. The van der Waals surface area contributed by atoms with E-state index in [2.05, 4.69) is 20.4 Å². The molecule has 0 radical (unpaired) electrons. The minimum atomic E-state index is -4.89. The lowest BCUT2D eigenvalue weighted by Crippen LogP contribution is -2.18. The molecule has 0 atom stereocenters. The van der Waals surface area contributed by atoms with E-state index in [0.717, 1.165) is 12.1 Å². The van der Waals surface area contributed by atoms with Crippen LogP contribution in [0.3, 0.4) is 0 Å². The van der Waals surface area contributed by atoms with E-state index in [1.54, 1.807) is 30.3 Å². The number of rotatable bonds is 7. The Balaban J connectivity index is 1.60. The second-order valence-electron chi connectivity index (χ2n) is 6.64. The van der Waals surface area contributed by atoms with Crippen LogP contribution in [-0.4, -0.2) is 30.2 Å². The SMILES string of the molecule is CNC(=O)c1cc(Oc2ccc(NC(=O)/C=C/c3ccc(Cl)c(OC(F)(F)F)c3)cc2)ccn1. The van der Waals surface area contributed by atoms with Crippen LogP contribution in [0.25, 0.3) is 6.08 Å². The van der Waals surface area contributed by atoms with Gasteiger partial charge in [-0.05, 0) is 54.1 Å². The molecule has 0 saturated heterocycles. The first-order valence-electron chi connectivity index (χ1n) is 9.63. The molecule has 34 heavy (non-hydrogen) atoms. The highest BCUT2D eigenvalue weighted by atomic mass is 35.5. The van der Waals surface area contributed by atoms with Crippen LogP contribution in [0.5, 0.6) is 17.2 Å². The number of carbonyl (C=O) groups is 2. The number of nitrogens with zero attached hydrogens (tertiary/aromatic N) is 1. The first kappa shape index (κ1) is 24.6. The van der Waals surface area contributed by atoms with Crippen LogP contribution >= 0.6 is 11.6 Å². The fraction of sp³-hybridized carbons (Fsp3) is 0.0870. The van der Waals surface area contributed by atoms with Crippen LogP contribution in [0, 0.1) is 0 Å². The number of hydrogen-bond donors (Lipinski definition) is 2. The van der Waals surface area contributed by atoms with E-state index in [4.69, 9.17) is 16.3 Å². The summed E-state index contributed by atoms with van der Waals surface area (Å²) in [5.74, 6) is -0.555. The zero-order valence-corrected chi connectivity index (χ0v) is 18.3.